The summed E-state index contributed by atoms with van der Waals surface area (Å²) in [6, 6.07) is 3.30. The number of hydrogen-bond donors (Lipinski definition) is 4. The highest BCUT2D eigenvalue weighted by molar-refractivity contribution is 5.92. The third kappa shape index (κ3) is 2.60. The number of aromatic nitrogens is 3. The average Bonchev–Trinajstić information content (AvgIpc) is 3.32. The first-order valence-electron chi connectivity index (χ1n) is 7.28. The van der Waals surface area contributed by atoms with Crippen molar-refractivity contribution < 1.29 is 9.59 Å². The SMILES string of the molecule is Cc1nc(Nc2ccnc(C3(C(N)=O)CC3)c2)c(=O)[nH]c1C(N)=O. The molecule has 2 amide bonds. The second-order valence-corrected chi connectivity index (χ2v) is 5.74. The van der Waals surface area contributed by atoms with Crippen LogP contribution in [-0.4, -0.2) is 26.8 Å². The van der Waals surface area contributed by atoms with Gasteiger partial charge >= 0.3 is 0 Å². The van der Waals surface area contributed by atoms with Gasteiger partial charge in [-0.05, 0) is 31.9 Å². The Labute approximate surface area is 136 Å². The van der Waals surface area contributed by atoms with Gasteiger partial charge in [-0.3, -0.25) is 19.4 Å². The van der Waals surface area contributed by atoms with Crippen molar-refractivity contribution in [3.63, 3.8) is 0 Å². The fourth-order valence-electron chi connectivity index (χ4n) is 2.52. The molecule has 124 valence electrons. The summed E-state index contributed by atoms with van der Waals surface area (Å²) in [5, 5.41) is 2.86. The molecule has 0 unspecified atom stereocenters. The molecule has 9 nitrogen and oxygen atoms in total. The van der Waals surface area contributed by atoms with E-state index in [1.165, 1.54) is 6.20 Å². The fourth-order valence-corrected chi connectivity index (χ4v) is 2.52. The Morgan fingerprint density at radius 2 is 2.04 bits per heavy atom. The third-order valence-corrected chi connectivity index (χ3v) is 4.08. The molecule has 0 aliphatic heterocycles. The Hall–Kier alpha value is -3.23. The molecule has 0 saturated heterocycles. The maximum Gasteiger partial charge on any atom is 0.291 e. The molecule has 9 heteroatoms. The highest BCUT2D eigenvalue weighted by Crippen LogP contribution is 2.47. The highest BCUT2D eigenvalue weighted by Gasteiger charge is 2.51. The summed E-state index contributed by atoms with van der Waals surface area (Å²) in [5.74, 6) is -1.16. The van der Waals surface area contributed by atoms with Gasteiger partial charge in [-0.15, -0.1) is 0 Å². The van der Waals surface area contributed by atoms with Crippen LogP contribution in [0.3, 0.4) is 0 Å². The predicted octanol–water partition coefficient (Wildman–Crippen LogP) is -0.167. The topological polar surface area (TPSA) is 157 Å². The molecular formula is C15H16N6O3. The Morgan fingerprint density at radius 1 is 1.33 bits per heavy atom. The lowest BCUT2D eigenvalue weighted by Gasteiger charge is -2.12. The van der Waals surface area contributed by atoms with Crippen molar-refractivity contribution in [3.05, 3.63) is 45.8 Å². The van der Waals surface area contributed by atoms with Crippen molar-refractivity contribution in [2.45, 2.75) is 25.2 Å². The number of rotatable bonds is 5. The molecule has 0 bridgehead atoms. The van der Waals surface area contributed by atoms with Crippen LogP contribution in [0.5, 0.6) is 0 Å². The standard InChI is InChI=1S/C15H16N6O3/c1-7-10(11(16)22)21-13(23)12(19-7)20-8-2-5-18-9(6-8)15(3-4-15)14(17)24/h2,5-6H,3-4H2,1H3,(H2,16,22)(H2,17,24)(H,21,23)(H,18,19,20). The Kier molecular flexibility index (Phi) is 3.55. The number of hydrogen-bond acceptors (Lipinski definition) is 6. The van der Waals surface area contributed by atoms with Crippen LogP contribution in [-0.2, 0) is 10.2 Å². The van der Waals surface area contributed by atoms with Gasteiger partial charge in [0.15, 0.2) is 5.82 Å². The van der Waals surface area contributed by atoms with Crippen molar-refractivity contribution in [2.24, 2.45) is 11.5 Å². The van der Waals surface area contributed by atoms with Crippen molar-refractivity contribution in [2.75, 3.05) is 5.32 Å². The minimum Gasteiger partial charge on any atom is -0.369 e. The molecule has 0 spiro atoms. The van der Waals surface area contributed by atoms with Gasteiger partial charge in [0.2, 0.25) is 5.91 Å². The molecule has 1 aliphatic carbocycles. The zero-order chi connectivity index (χ0) is 17.5. The van der Waals surface area contributed by atoms with E-state index in [1.807, 2.05) is 0 Å². The molecule has 0 atom stereocenters. The monoisotopic (exact) mass is 328 g/mol. The lowest BCUT2D eigenvalue weighted by molar-refractivity contribution is -0.120. The Morgan fingerprint density at radius 3 is 2.62 bits per heavy atom. The van der Waals surface area contributed by atoms with E-state index < -0.39 is 22.8 Å². The zero-order valence-electron chi connectivity index (χ0n) is 12.9. The molecule has 1 saturated carbocycles. The lowest BCUT2D eigenvalue weighted by atomic mass is 10.0. The maximum absolute atomic E-state index is 12.0. The zero-order valence-corrected chi connectivity index (χ0v) is 12.9. The lowest BCUT2D eigenvalue weighted by Crippen LogP contribution is -2.29. The molecule has 2 aromatic rings. The van der Waals surface area contributed by atoms with Crippen molar-refractivity contribution in [3.8, 4) is 0 Å². The first kappa shape index (κ1) is 15.7. The Bertz CT molecular complexity index is 900. The summed E-state index contributed by atoms with van der Waals surface area (Å²) in [7, 11) is 0. The number of nitrogens with one attached hydrogen (secondary N) is 2. The van der Waals surface area contributed by atoms with Crippen LogP contribution in [0, 0.1) is 6.92 Å². The average molecular weight is 328 g/mol. The third-order valence-electron chi connectivity index (χ3n) is 4.08. The van der Waals surface area contributed by atoms with Gasteiger partial charge in [0, 0.05) is 11.9 Å². The summed E-state index contributed by atoms with van der Waals surface area (Å²) in [6.45, 7) is 1.56. The van der Waals surface area contributed by atoms with Gasteiger partial charge < -0.3 is 21.8 Å². The van der Waals surface area contributed by atoms with Crippen LogP contribution < -0.4 is 22.3 Å². The second-order valence-electron chi connectivity index (χ2n) is 5.74. The number of H-pyrrole nitrogens is 1. The molecule has 0 radical (unpaired) electrons. The van der Waals surface area contributed by atoms with Crippen LogP contribution in [0.25, 0.3) is 0 Å². The summed E-state index contributed by atoms with van der Waals surface area (Å²) in [6.07, 6.45) is 2.84. The molecule has 3 rings (SSSR count). The van der Waals surface area contributed by atoms with Crippen molar-refractivity contribution in [1.82, 2.24) is 15.0 Å². The maximum atomic E-state index is 12.0. The van der Waals surface area contributed by atoms with Gasteiger partial charge in [0.05, 0.1) is 16.8 Å². The van der Waals surface area contributed by atoms with Crippen molar-refractivity contribution >= 4 is 23.3 Å². The molecule has 1 fully saturated rings. The first-order chi connectivity index (χ1) is 11.3. The van der Waals surface area contributed by atoms with Crippen LogP contribution >= 0.6 is 0 Å². The summed E-state index contributed by atoms with van der Waals surface area (Å²) in [4.78, 5) is 45.5. The van der Waals surface area contributed by atoms with Gasteiger partial charge in [-0.25, -0.2) is 4.98 Å². The minimum absolute atomic E-state index is 0.0126. The van der Waals surface area contributed by atoms with Crippen LogP contribution in [0.1, 0.15) is 34.7 Å². The molecular weight excluding hydrogens is 312 g/mol. The summed E-state index contributed by atoms with van der Waals surface area (Å²) in [5.41, 5.74) is 10.7. The van der Waals surface area contributed by atoms with E-state index in [4.69, 9.17) is 11.5 Å². The number of aromatic amines is 1. The number of nitrogens with two attached hydrogens (primary N) is 2. The normalized spacial score (nSPS) is 14.9. The van der Waals surface area contributed by atoms with Crippen LogP contribution in [0.2, 0.25) is 0 Å². The number of pyridine rings is 1. The van der Waals surface area contributed by atoms with E-state index in [1.54, 1.807) is 19.1 Å². The van der Waals surface area contributed by atoms with Gasteiger partial charge in [0.25, 0.3) is 11.5 Å². The second kappa shape index (κ2) is 5.44. The van der Waals surface area contributed by atoms with E-state index in [0.29, 0.717) is 29.9 Å². The van der Waals surface area contributed by atoms with Crippen LogP contribution in [0.4, 0.5) is 11.5 Å². The number of carbonyl (C=O) groups excluding carboxylic acids is 2. The minimum atomic E-state index is -0.757. The highest BCUT2D eigenvalue weighted by atomic mass is 16.2. The van der Waals surface area contributed by atoms with E-state index >= 15 is 0 Å². The molecule has 2 heterocycles. The first-order valence-corrected chi connectivity index (χ1v) is 7.28. The van der Waals surface area contributed by atoms with Crippen molar-refractivity contribution in [1.29, 1.82) is 0 Å². The summed E-state index contributed by atoms with van der Waals surface area (Å²) < 4.78 is 0. The largest absolute Gasteiger partial charge is 0.369 e. The number of primary amides is 2. The van der Waals surface area contributed by atoms with E-state index in [9.17, 15) is 14.4 Å². The van der Waals surface area contributed by atoms with Crippen LogP contribution in [0.15, 0.2) is 23.1 Å². The fraction of sp³-hybridized carbons (Fsp3) is 0.267. The summed E-state index contributed by atoms with van der Waals surface area (Å²) >= 11 is 0. The Balaban J connectivity index is 1.93. The number of amides is 2. The van der Waals surface area contributed by atoms with E-state index in [-0.39, 0.29) is 11.5 Å². The number of anilines is 2. The van der Waals surface area contributed by atoms with E-state index in [2.05, 4.69) is 20.3 Å². The predicted molar refractivity (Wildman–Crippen MR) is 85.7 cm³/mol. The molecule has 24 heavy (non-hydrogen) atoms. The quantitative estimate of drug-likeness (QED) is 0.597. The molecule has 0 aromatic carbocycles. The van der Waals surface area contributed by atoms with Gasteiger partial charge in [-0.1, -0.05) is 0 Å². The number of carbonyl (C=O) groups is 2. The number of aryl methyl sites for hydroxylation is 1. The molecule has 2 aromatic heterocycles. The number of nitrogens with zero attached hydrogens (tertiary/aromatic N) is 2. The molecule has 1 aliphatic rings. The molecule has 6 N–H and O–H groups in total. The smallest absolute Gasteiger partial charge is 0.291 e. The van der Waals surface area contributed by atoms with Gasteiger partial charge in [-0.2, -0.15) is 0 Å². The van der Waals surface area contributed by atoms with Gasteiger partial charge in [0.1, 0.15) is 5.69 Å². The van der Waals surface area contributed by atoms with E-state index in [0.717, 1.165) is 0 Å².